The van der Waals surface area contributed by atoms with E-state index in [1.807, 2.05) is 6.07 Å². The summed E-state index contributed by atoms with van der Waals surface area (Å²) < 4.78 is 41.6. The summed E-state index contributed by atoms with van der Waals surface area (Å²) in [6.07, 6.45) is 4.09. The Morgan fingerprint density at radius 2 is 1.75 bits per heavy atom. The summed E-state index contributed by atoms with van der Waals surface area (Å²) in [7, 11) is -5.83. The van der Waals surface area contributed by atoms with Gasteiger partial charge in [0.15, 0.2) is 0 Å². The first kappa shape index (κ1) is 53.0. The number of thiophene rings is 1. The Hall–Kier alpha value is -5.84. The van der Waals surface area contributed by atoms with E-state index in [-0.39, 0.29) is 66.9 Å². The van der Waals surface area contributed by atoms with E-state index in [0.717, 1.165) is 46.3 Å². The second kappa shape index (κ2) is 21.9. The molecule has 2 saturated heterocycles. The van der Waals surface area contributed by atoms with Gasteiger partial charge in [0, 0.05) is 77.0 Å². The van der Waals surface area contributed by atoms with Gasteiger partial charge in [0.25, 0.3) is 11.8 Å². The van der Waals surface area contributed by atoms with Crippen molar-refractivity contribution >= 4 is 92.0 Å². The third-order valence-electron chi connectivity index (χ3n) is 12.7. The highest BCUT2D eigenvalue weighted by molar-refractivity contribution is 9.10. The van der Waals surface area contributed by atoms with Crippen LogP contribution in [0.2, 0.25) is 0 Å². The van der Waals surface area contributed by atoms with Crippen LogP contribution in [0, 0.1) is 17.3 Å². The van der Waals surface area contributed by atoms with Crippen LogP contribution < -0.4 is 20.9 Å². The number of imide groups is 1. The molecule has 2 unspecified atom stereocenters. The lowest BCUT2D eigenvalue weighted by Gasteiger charge is -2.36. The predicted molar refractivity (Wildman–Crippen MR) is 265 cm³/mol. The molecule has 1 aromatic heterocycles. The number of nitrogens with one attached hydrogen (secondary N) is 3. The minimum Gasteiger partial charge on any atom is -0.356 e. The Bertz CT molecular complexity index is 2870. The summed E-state index contributed by atoms with van der Waals surface area (Å²) in [6.45, 7) is 6.18. The van der Waals surface area contributed by atoms with Gasteiger partial charge in [-0.15, -0.1) is 11.3 Å². The number of unbranched alkanes of at least 4 members (excludes halogenated alkanes) is 3. The van der Waals surface area contributed by atoms with Gasteiger partial charge in [-0.3, -0.25) is 43.4 Å². The number of hydrogen-bond acceptors (Lipinski definition) is 9. The molecule has 3 aromatic carbocycles. The molecule has 0 bridgehead atoms. The lowest BCUT2D eigenvalue weighted by Crippen LogP contribution is -2.58. The molecule has 3 aliphatic heterocycles. The molecular formula is C50H54BrF2N6O10PS. The van der Waals surface area contributed by atoms with Crippen molar-refractivity contribution in [1.29, 1.82) is 0 Å². The van der Waals surface area contributed by atoms with Gasteiger partial charge in [0.1, 0.15) is 18.1 Å². The highest BCUT2D eigenvalue weighted by atomic mass is 79.9. The van der Waals surface area contributed by atoms with Crippen LogP contribution in [0.5, 0.6) is 0 Å². The average Bonchev–Trinajstić information content (AvgIpc) is 4.06. The third-order valence-corrected chi connectivity index (χ3v) is 15.4. The van der Waals surface area contributed by atoms with Gasteiger partial charge in [-0.2, -0.15) is 8.78 Å². The molecule has 3 atom stereocenters. The van der Waals surface area contributed by atoms with Crippen LogP contribution in [-0.2, 0) is 40.7 Å². The maximum atomic E-state index is 14.5. The molecule has 4 aromatic rings. The summed E-state index contributed by atoms with van der Waals surface area (Å²) >= 11 is 4.39. The van der Waals surface area contributed by atoms with Crippen LogP contribution >= 0.6 is 34.9 Å². The zero-order valence-corrected chi connectivity index (χ0v) is 42.6. The molecule has 376 valence electrons. The van der Waals surface area contributed by atoms with Gasteiger partial charge in [0.05, 0.1) is 4.88 Å². The molecule has 3 aliphatic rings. The fourth-order valence-electron chi connectivity index (χ4n) is 8.89. The fourth-order valence-corrected chi connectivity index (χ4v) is 10.6. The van der Waals surface area contributed by atoms with E-state index in [0.29, 0.717) is 53.7 Å². The maximum absolute atomic E-state index is 14.5. The fraction of sp³-hybridized carbons (Fsp3) is 0.420. The van der Waals surface area contributed by atoms with Gasteiger partial charge >= 0.3 is 13.3 Å². The van der Waals surface area contributed by atoms with Gasteiger partial charge < -0.3 is 35.1 Å². The molecule has 4 heterocycles. The number of halogens is 3. The van der Waals surface area contributed by atoms with Crippen molar-refractivity contribution in [1.82, 2.24) is 25.8 Å². The zero-order chi connectivity index (χ0) is 51.4. The van der Waals surface area contributed by atoms with Crippen molar-refractivity contribution in [3.8, 4) is 11.8 Å². The first-order valence-electron chi connectivity index (χ1n) is 23.2. The number of fused-ring (bicyclic) bond motifs is 2. The van der Waals surface area contributed by atoms with Crippen molar-refractivity contribution in [2.45, 2.75) is 109 Å². The van der Waals surface area contributed by atoms with Gasteiger partial charge in [-0.05, 0) is 103 Å². The molecule has 0 spiro atoms. The molecule has 21 heteroatoms. The Balaban J connectivity index is 0.922. The minimum absolute atomic E-state index is 0.0207. The molecule has 16 nitrogen and oxygen atoms in total. The normalized spacial score (nSPS) is 17.6. The second-order valence-electron chi connectivity index (χ2n) is 18.8. The number of carbonyl (C=O) groups excluding carboxylic acids is 7. The molecular weight excluding hydrogens is 1030 g/mol. The van der Waals surface area contributed by atoms with Crippen molar-refractivity contribution in [3.63, 3.8) is 0 Å². The molecule has 71 heavy (non-hydrogen) atoms. The summed E-state index contributed by atoms with van der Waals surface area (Å²) in [5.41, 5.74) is -3.70. The van der Waals surface area contributed by atoms with Crippen LogP contribution in [0.15, 0.2) is 71.2 Å². The van der Waals surface area contributed by atoms with Gasteiger partial charge in [0.2, 0.25) is 29.5 Å². The Labute approximate surface area is 421 Å². The van der Waals surface area contributed by atoms with Crippen LogP contribution in [0.1, 0.15) is 115 Å². The van der Waals surface area contributed by atoms with E-state index in [1.165, 1.54) is 26.8 Å². The molecule has 2 fully saturated rings. The van der Waals surface area contributed by atoms with Crippen LogP contribution in [-0.4, -0.2) is 98.7 Å². The van der Waals surface area contributed by atoms with Crippen LogP contribution in [0.4, 0.5) is 14.5 Å². The molecule has 0 aliphatic carbocycles. The maximum Gasteiger partial charge on any atom is 0.399 e. The Kier molecular flexibility index (Phi) is 16.3. The summed E-state index contributed by atoms with van der Waals surface area (Å²) in [4.78, 5) is 116. The molecule has 0 radical (unpaired) electrons. The minimum atomic E-state index is -5.83. The number of carbonyl (C=O) groups is 7. The average molecular weight is 1080 g/mol. The number of rotatable bonds is 16. The first-order chi connectivity index (χ1) is 33.5. The lowest BCUT2D eigenvalue weighted by atomic mass is 9.85. The van der Waals surface area contributed by atoms with Gasteiger partial charge in [-0.1, -0.05) is 67.1 Å². The van der Waals surface area contributed by atoms with Crippen molar-refractivity contribution in [2.75, 3.05) is 24.5 Å². The van der Waals surface area contributed by atoms with E-state index in [1.54, 1.807) is 57.2 Å². The number of amides is 7. The Morgan fingerprint density at radius 3 is 2.45 bits per heavy atom. The molecule has 5 N–H and O–H groups in total. The number of hydrogen-bond donors (Lipinski definition) is 5. The van der Waals surface area contributed by atoms with E-state index >= 15 is 0 Å². The molecule has 7 rings (SSSR count). The lowest BCUT2D eigenvalue weighted by molar-refractivity contribution is -0.141. The van der Waals surface area contributed by atoms with E-state index < -0.39 is 66.0 Å². The van der Waals surface area contributed by atoms with Crippen molar-refractivity contribution in [2.24, 2.45) is 5.41 Å². The monoisotopic (exact) mass is 1080 g/mol. The number of anilines is 1. The number of benzene rings is 3. The second-order valence-corrected chi connectivity index (χ2v) is 22.5. The first-order valence-corrected chi connectivity index (χ1v) is 26.5. The van der Waals surface area contributed by atoms with Crippen molar-refractivity contribution < 1.29 is 56.7 Å². The van der Waals surface area contributed by atoms with E-state index in [9.17, 15) is 56.7 Å². The molecule has 7 amide bonds. The third kappa shape index (κ3) is 12.1. The van der Waals surface area contributed by atoms with E-state index in [2.05, 4.69) is 43.7 Å². The SMILES string of the molecule is CC(C)(C)C(NC(=O)c1cc2cc(C(F)(F)P(=O)(O)O)ccc2s1)C(=O)N1CCC[C@H]1C(=O)N(CCC(=O)NCCCCCC#Cc1cccc2c1CN(C1CCC(=O)NC1=O)C2=O)c1ccc(Br)cc1. The highest BCUT2D eigenvalue weighted by Gasteiger charge is 2.50. The standard InChI is InChI=1S/C50H54BrF2N6O10PS/c1-49(2,3)43(56-45(63)40-28-31-27-32(15-21-39(31)71-40)50(52,53)70(67,68)69)48(66)58-25-10-14-38(58)47(65)57(34-18-16-33(51)17-19-34)26-23-41(60)54-24-8-6-4-5-7-11-30-12-9-13-35-36(30)29-59(46(35)64)37-20-22-42(61)55-44(37)62/h9,12-13,15-19,21,27-28,37-38,43H,4-6,8,10,14,20,22-26,29H2,1-3H3,(H,54,60)(H,56,63)(H,55,61,62)(H2,67,68,69)/t37?,38-,43?/m0/s1. The smallest absolute Gasteiger partial charge is 0.356 e. The largest absolute Gasteiger partial charge is 0.399 e. The van der Waals surface area contributed by atoms with Crippen LogP contribution in [0.3, 0.4) is 0 Å². The van der Waals surface area contributed by atoms with Crippen LogP contribution in [0.25, 0.3) is 10.1 Å². The Morgan fingerprint density at radius 1 is 1.00 bits per heavy atom. The summed E-state index contributed by atoms with van der Waals surface area (Å²) in [5, 5.41) is 8.21. The summed E-state index contributed by atoms with van der Waals surface area (Å²) in [6, 6.07) is 14.0. The topological polar surface area (TPSA) is 223 Å². The number of nitrogens with zero attached hydrogens (tertiary/aromatic N) is 3. The zero-order valence-electron chi connectivity index (χ0n) is 39.3. The van der Waals surface area contributed by atoms with Gasteiger partial charge in [-0.25, -0.2) is 0 Å². The van der Waals surface area contributed by atoms with Crippen molar-refractivity contribution in [3.05, 3.63) is 98.3 Å². The number of alkyl halides is 2. The molecule has 0 saturated carbocycles. The quantitative estimate of drug-likeness (QED) is 0.0337. The number of piperidine rings is 1. The number of likely N-dealkylation sites (tertiary alicyclic amines) is 1. The summed E-state index contributed by atoms with van der Waals surface area (Å²) in [5.74, 6) is 3.46. The highest BCUT2D eigenvalue weighted by Crippen LogP contribution is 2.59. The predicted octanol–water partition coefficient (Wildman–Crippen LogP) is 6.94. The van der Waals surface area contributed by atoms with E-state index in [4.69, 9.17) is 0 Å².